The number of hydrogen-bond donors (Lipinski definition) is 1. The van der Waals surface area contributed by atoms with E-state index >= 15 is 0 Å². The molecule has 0 radical (unpaired) electrons. The molecule has 2 aromatic rings. The molecular weight excluding hydrogens is 298 g/mol. The van der Waals surface area contributed by atoms with Crippen molar-refractivity contribution in [1.82, 2.24) is 0 Å². The fourth-order valence-corrected chi connectivity index (χ4v) is 2.73. The van der Waals surface area contributed by atoms with Crippen LogP contribution in [-0.2, 0) is 6.42 Å². The predicted octanol–water partition coefficient (Wildman–Crippen LogP) is 4.35. The summed E-state index contributed by atoms with van der Waals surface area (Å²) in [7, 11) is 0. The summed E-state index contributed by atoms with van der Waals surface area (Å²) in [6, 6.07) is 15.1. The molecule has 2 aromatic carbocycles. The molecule has 1 unspecified atom stereocenters. The molecular formula is C17H20BrN. The summed E-state index contributed by atoms with van der Waals surface area (Å²) in [6.07, 6.45) is 0.994. The van der Waals surface area contributed by atoms with Gasteiger partial charge in [-0.1, -0.05) is 46.3 Å². The molecule has 0 saturated heterocycles. The van der Waals surface area contributed by atoms with Crippen LogP contribution in [0.1, 0.15) is 28.2 Å². The first-order valence-corrected chi connectivity index (χ1v) is 7.41. The lowest BCUT2D eigenvalue weighted by atomic mass is 9.91. The molecule has 2 N–H and O–H groups in total. The van der Waals surface area contributed by atoms with Crippen molar-refractivity contribution in [2.24, 2.45) is 5.73 Å². The lowest BCUT2D eigenvalue weighted by molar-refractivity contribution is 0.693. The van der Waals surface area contributed by atoms with E-state index in [1.165, 1.54) is 22.3 Å². The molecule has 100 valence electrons. The zero-order valence-corrected chi connectivity index (χ0v) is 13.1. The second-order valence-electron chi connectivity index (χ2n) is 5.11. The zero-order chi connectivity index (χ0) is 13.8. The van der Waals surface area contributed by atoms with E-state index in [1.54, 1.807) is 0 Å². The first kappa shape index (κ1) is 14.3. The van der Waals surface area contributed by atoms with E-state index in [-0.39, 0.29) is 0 Å². The van der Waals surface area contributed by atoms with Gasteiger partial charge < -0.3 is 5.73 Å². The molecule has 1 nitrogen and oxygen atoms in total. The third-order valence-corrected chi connectivity index (χ3v) is 4.15. The van der Waals surface area contributed by atoms with Crippen molar-refractivity contribution in [3.63, 3.8) is 0 Å². The molecule has 2 heteroatoms. The molecule has 0 aliphatic heterocycles. The molecule has 0 aliphatic carbocycles. The van der Waals surface area contributed by atoms with Gasteiger partial charge in [0.25, 0.3) is 0 Å². The lowest BCUT2D eigenvalue weighted by Gasteiger charge is -2.16. The second-order valence-corrected chi connectivity index (χ2v) is 6.03. The van der Waals surface area contributed by atoms with Gasteiger partial charge in [0.05, 0.1) is 0 Å². The number of rotatable bonds is 4. The summed E-state index contributed by atoms with van der Waals surface area (Å²) in [6.45, 7) is 4.98. The second kappa shape index (κ2) is 6.36. The topological polar surface area (TPSA) is 26.0 Å². The van der Waals surface area contributed by atoms with Gasteiger partial charge in [0.1, 0.15) is 0 Å². The average molecular weight is 318 g/mol. The molecule has 0 fully saturated rings. The van der Waals surface area contributed by atoms with Crippen LogP contribution in [0.25, 0.3) is 0 Å². The van der Waals surface area contributed by atoms with Crippen molar-refractivity contribution < 1.29 is 0 Å². The van der Waals surface area contributed by atoms with Crippen LogP contribution in [0.15, 0.2) is 46.9 Å². The Bertz CT molecular complexity index is 563. The summed E-state index contributed by atoms with van der Waals surface area (Å²) in [5, 5.41) is 0. The van der Waals surface area contributed by atoms with Gasteiger partial charge in [0.15, 0.2) is 0 Å². The van der Waals surface area contributed by atoms with Gasteiger partial charge in [-0.25, -0.2) is 0 Å². The molecule has 0 aliphatic rings. The number of benzene rings is 2. The van der Waals surface area contributed by atoms with Gasteiger partial charge in [-0.3, -0.25) is 0 Å². The fraction of sp³-hybridized carbons (Fsp3) is 0.294. The average Bonchev–Trinajstić information content (AvgIpc) is 2.40. The van der Waals surface area contributed by atoms with E-state index in [0.29, 0.717) is 12.5 Å². The van der Waals surface area contributed by atoms with Crippen LogP contribution < -0.4 is 5.73 Å². The van der Waals surface area contributed by atoms with Gasteiger partial charge in [-0.05, 0) is 61.2 Å². The molecule has 0 heterocycles. The van der Waals surface area contributed by atoms with Crippen molar-refractivity contribution in [2.75, 3.05) is 6.54 Å². The summed E-state index contributed by atoms with van der Waals surface area (Å²) >= 11 is 3.53. The Balaban J connectivity index is 2.21. The van der Waals surface area contributed by atoms with Gasteiger partial charge in [0, 0.05) is 10.4 Å². The predicted molar refractivity (Wildman–Crippen MR) is 85.6 cm³/mol. The number of aryl methyl sites for hydroxylation is 2. The van der Waals surface area contributed by atoms with E-state index in [1.807, 2.05) is 6.07 Å². The van der Waals surface area contributed by atoms with E-state index in [0.717, 1.165) is 10.9 Å². The molecule has 0 amide bonds. The first-order chi connectivity index (χ1) is 9.10. The van der Waals surface area contributed by atoms with Crippen LogP contribution in [0, 0.1) is 13.8 Å². The Morgan fingerprint density at radius 3 is 2.47 bits per heavy atom. The van der Waals surface area contributed by atoms with Gasteiger partial charge in [0.2, 0.25) is 0 Å². The molecule has 19 heavy (non-hydrogen) atoms. The Labute approximate surface area is 124 Å². The smallest absolute Gasteiger partial charge is 0.0178 e. The van der Waals surface area contributed by atoms with Crippen molar-refractivity contribution in [1.29, 1.82) is 0 Å². The Morgan fingerprint density at radius 2 is 1.84 bits per heavy atom. The summed E-state index contributed by atoms with van der Waals surface area (Å²) < 4.78 is 1.11. The van der Waals surface area contributed by atoms with Crippen LogP contribution in [-0.4, -0.2) is 6.54 Å². The Kier molecular flexibility index (Phi) is 4.78. The summed E-state index contributed by atoms with van der Waals surface area (Å²) in [4.78, 5) is 0. The summed E-state index contributed by atoms with van der Waals surface area (Å²) in [5.74, 6) is 0.375. The SMILES string of the molecule is Cc1ccc(CC(CN)c2cccc(Br)c2)cc1C. The number of halogens is 1. The molecule has 1 atom stereocenters. The Morgan fingerprint density at radius 1 is 1.05 bits per heavy atom. The van der Waals surface area contributed by atoms with Crippen LogP contribution in [0.4, 0.5) is 0 Å². The van der Waals surface area contributed by atoms with Crippen LogP contribution in [0.3, 0.4) is 0 Å². The van der Waals surface area contributed by atoms with Crippen molar-refractivity contribution in [3.8, 4) is 0 Å². The zero-order valence-electron chi connectivity index (χ0n) is 11.5. The molecule has 0 bridgehead atoms. The Hall–Kier alpha value is -1.12. The number of nitrogens with two attached hydrogens (primary N) is 1. The third-order valence-electron chi connectivity index (χ3n) is 3.66. The monoisotopic (exact) mass is 317 g/mol. The minimum atomic E-state index is 0.375. The maximum Gasteiger partial charge on any atom is 0.0178 e. The normalized spacial score (nSPS) is 12.4. The van der Waals surface area contributed by atoms with Crippen molar-refractivity contribution in [2.45, 2.75) is 26.2 Å². The van der Waals surface area contributed by atoms with E-state index < -0.39 is 0 Å². The van der Waals surface area contributed by atoms with Gasteiger partial charge in [-0.15, -0.1) is 0 Å². The molecule has 0 saturated carbocycles. The highest BCUT2D eigenvalue weighted by Crippen LogP contribution is 2.24. The minimum absolute atomic E-state index is 0.375. The maximum absolute atomic E-state index is 5.96. The van der Waals surface area contributed by atoms with E-state index in [9.17, 15) is 0 Å². The highest BCUT2D eigenvalue weighted by atomic mass is 79.9. The molecule has 2 rings (SSSR count). The quantitative estimate of drug-likeness (QED) is 0.891. The van der Waals surface area contributed by atoms with Gasteiger partial charge >= 0.3 is 0 Å². The standard InChI is InChI=1S/C17H20BrN/c1-12-6-7-14(8-13(12)2)9-16(11-19)15-4-3-5-17(18)10-15/h3-8,10,16H,9,11,19H2,1-2H3. The lowest BCUT2D eigenvalue weighted by Crippen LogP contribution is -2.15. The third kappa shape index (κ3) is 3.68. The molecule has 0 aromatic heterocycles. The van der Waals surface area contributed by atoms with Gasteiger partial charge in [-0.2, -0.15) is 0 Å². The highest BCUT2D eigenvalue weighted by Gasteiger charge is 2.11. The summed E-state index contributed by atoms with van der Waals surface area (Å²) in [5.41, 5.74) is 11.3. The van der Waals surface area contributed by atoms with E-state index in [4.69, 9.17) is 5.73 Å². The first-order valence-electron chi connectivity index (χ1n) is 6.62. The van der Waals surface area contributed by atoms with E-state index in [2.05, 4.69) is 66.2 Å². The number of hydrogen-bond acceptors (Lipinski definition) is 1. The van der Waals surface area contributed by atoms with Crippen molar-refractivity contribution in [3.05, 3.63) is 69.2 Å². The van der Waals surface area contributed by atoms with Crippen LogP contribution >= 0.6 is 15.9 Å². The largest absolute Gasteiger partial charge is 0.330 e. The maximum atomic E-state index is 5.96. The highest BCUT2D eigenvalue weighted by molar-refractivity contribution is 9.10. The molecule has 0 spiro atoms. The van der Waals surface area contributed by atoms with Crippen LogP contribution in [0.2, 0.25) is 0 Å². The minimum Gasteiger partial charge on any atom is -0.330 e. The van der Waals surface area contributed by atoms with Crippen LogP contribution in [0.5, 0.6) is 0 Å². The fourth-order valence-electron chi connectivity index (χ4n) is 2.31. The van der Waals surface area contributed by atoms with Crippen molar-refractivity contribution >= 4 is 15.9 Å².